The van der Waals surface area contributed by atoms with Gasteiger partial charge < -0.3 is 20.5 Å². The van der Waals surface area contributed by atoms with Crippen LogP contribution in [0, 0.1) is 5.92 Å². The Morgan fingerprint density at radius 1 is 1.27 bits per heavy atom. The molecule has 5 nitrogen and oxygen atoms in total. The Morgan fingerprint density at radius 2 is 2.00 bits per heavy atom. The number of amides is 1. The van der Waals surface area contributed by atoms with Gasteiger partial charge in [0.05, 0.1) is 19.8 Å². The van der Waals surface area contributed by atoms with Crippen molar-refractivity contribution in [1.29, 1.82) is 0 Å². The summed E-state index contributed by atoms with van der Waals surface area (Å²) in [7, 11) is 3.14. The molecule has 3 N–H and O–H groups in total. The normalized spacial score (nSPS) is 20.7. The summed E-state index contributed by atoms with van der Waals surface area (Å²) >= 11 is 0. The molecule has 0 aliphatic heterocycles. The minimum Gasteiger partial charge on any atom is -0.497 e. The number of carbonyl (C=O) groups is 1. The molecule has 1 aromatic carbocycles. The van der Waals surface area contributed by atoms with Crippen LogP contribution in [0.3, 0.4) is 0 Å². The van der Waals surface area contributed by atoms with Gasteiger partial charge in [-0.1, -0.05) is 12.8 Å². The molecule has 2 rings (SSSR count). The topological polar surface area (TPSA) is 73.6 Å². The van der Waals surface area contributed by atoms with E-state index in [2.05, 4.69) is 5.32 Å². The predicted molar refractivity (Wildman–Crippen MR) is 89.1 cm³/mol. The molecule has 1 aromatic rings. The van der Waals surface area contributed by atoms with E-state index >= 15 is 0 Å². The molecule has 1 amide bonds. The third-order valence-corrected chi connectivity index (χ3v) is 4.18. The van der Waals surface area contributed by atoms with Gasteiger partial charge in [-0.05, 0) is 37.4 Å². The van der Waals surface area contributed by atoms with Crippen molar-refractivity contribution in [2.24, 2.45) is 11.7 Å². The van der Waals surface area contributed by atoms with Crippen LogP contribution in [0.1, 0.15) is 36.0 Å². The van der Waals surface area contributed by atoms with Gasteiger partial charge in [0, 0.05) is 12.1 Å². The summed E-state index contributed by atoms with van der Waals surface area (Å²) in [5, 5.41) is 3.11. The zero-order chi connectivity index (χ0) is 15.2. The summed E-state index contributed by atoms with van der Waals surface area (Å²) in [5.41, 5.74) is 6.34. The average Bonchev–Trinajstić information content (AvgIpc) is 2.54. The standard InChI is InChI=1S/C16H24N2O3.ClH/c1-20-12-7-8-13(15(9-12)21-2)16(19)18-14-6-4-3-5-11(14)10-17;/h7-9,11,14H,3-6,10,17H2,1-2H3,(H,18,19);1H. The number of carbonyl (C=O) groups excluding carboxylic acids is 1. The Labute approximate surface area is 138 Å². The van der Waals surface area contributed by atoms with Gasteiger partial charge in [0.2, 0.25) is 0 Å². The van der Waals surface area contributed by atoms with Gasteiger partial charge in [0.25, 0.3) is 5.91 Å². The van der Waals surface area contributed by atoms with Crippen molar-refractivity contribution in [3.05, 3.63) is 23.8 Å². The number of methoxy groups -OCH3 is 2. The SMILES string of the molecule is COc1ccc(C(=O)NC2CCCCC2CN)c(OC)c1.Cl. The molecule has 1 aliphatic carbocycles. The number of hydrogen-bond acceptors (Lipinski definition) is 4. The lowest BCUT2D eigenvalue weighted by atomic mass is 9.84. The molecular weight excluding hydrogens is 304 g/mol. The van der Waals surface area contributed by atoms with Crippen LogP contribution in [-0.2, 0) is 0 Å². The van der Waals surface area contributed by atoms with Gasteiger partial charge in [0.15, 0.2) is 0 Å². The van der Waals surface area contributed by atoms with Gasteiger partial charge in [-0.25, -0.2) is 0 Å². The maximum absolute atomic E-state index is 12.5. The first-order valence-electron chi connectivity index (χ1n) is 7.42. The van der Waals surface area contributed by atoms with Crippen molar-refractivity contribution in [3.8, 4) is 11.5 Å². The first-order valence-corrected chi connectivity index (χ1v) is 7.42. The fraction of sp³-hybridized carbons (Fsp3) is 0.562. The van der Waals surface area contributed by atoms with E-state index < -0.39 is 0 Å². The smallest absolute Gasteiger partial charge is 0.255 e. The Morgan fingerprint density at radius 3 is 2.64 bits per heavy atom. The number of nitrogens with two attached hydrogens (primary N) is 1. The summed E-state index contributed by atoms with van der Waals surface area (Å²) in [6, 6.07) is 5.37. The van der Waals surface area contributed by atoms with E-state index in [0.29, 0.717) is 29.5 Å². The maximum atomic E-state index is 12.5. The second-order valence-corrected chi connectivity index (χ2v) is 5.43. The van der Waals surface area contributed by atoms with Crippen molar-refractivity contribution in [3.63, 3.8) is 0 Å². The maximum Gasteiger partial charge on any atom is 0.255 e. The third-order valence-electron chi connectivity index (χ3n) is 4.18. The van der Waals surface area contributed by atoms with Crippen molar-refractivity contribution >= 4 is 18.3 Å². The van der Waals surface area contributed by atoms with Gasteiger partial charge in [-0.3, -0.25) is 4.79 Å². The Hall–Kier alpha value is -1.46. The molecule has 0 heterocycles. The minimum absolute atomic E-state index is 0. The van der Waals surface area contributed by atoms with Crippen molar-refractivity contribution < 1.29 is 14.3 Å². The summed E-state index contributed by atoms with van der Waals surface area (Å²) in [4.78, 5) is 12.5. The highest BCUT2D eigenvalue weighted by atomic mass is 35.5. The molecule has 0 saturated heterocycles. The first kappa shape index (κ1) is 18.6. The minimum atomic E-state index is -0.111. The fourth-order valence-corrected chi connectivity index (χ4v) is 2.91. The van der Waals surface area contributed by atoms with E-state index in [9.17, 15) is 4.79 Å². The highest BCUT2D eigenvalue weighted by molar-refractivity contribution is 5.97. The van der Waals surface area contributed by atoms with Crippen LogP contribution in [0.15, 0.2) is 18.2 Å². The molecule has 2 unspecified atom stereocenters. The van der Waals surface area contributed by atoms with Crippen LogP contribution in [-0.4, -0.2) is 32.7 Å². The Kier molecular flexibility index (Phi) is 7.48. The lowest BCUT2D eigenvalue weighted by molar-refractivity contribution is 0.0905. The molecule has 0 radical (unpaired) electrons. The lowest BCUT2D eigenvalue weighted by Gasteiger charge is -2.31. The largest absolute Gasteiger partial charge is 0.497 e. The molecule has 2 atom stereocenters. The van der Waals surface area contributed by atoms with Gasteiger partial charge in [0.1, 0.15) is 11.5 Å². The average molecular weight is 329 g/mol. The molecule has 0 aromatic heterocycles. The molecule has 1 aliphatic rings. The van der Waals surface area contributed by atoms with E-state index in [0.717, 1.165) is 19.3 Å². The van der Waals surface area contributed by atoms with E-state index in [4.69, 9.17) is 15.2 Å². The first-order chi connectivity index (χ1) is 10.2. The Balaban J connectivity index is 0.00000242. The van der Waals surface area contributed by atoms with E-state index in [1.54, 1.807) is 32.4 Å². The highest BCUT2D eigenvalue weighted by Gasteiger charge is 2.26. The molecule has 6 heteroatoms. The molecular formula is C16H25ClN2O3. The van der Waals surface area contributed by atoms with E-state index in [-0.39, 0.29) is 24.4 Å². The van der Waals surface area contributed by atoms with Crippen molar-refractivity contribution in [2.75, 3.05) is 20.8 Å². The zero-order valence-electron chi connectivity index (χ0n) is 13.1. The number of ether oxygens (including phenoxy) is 2. The molecule has 1 saturated carbocycles. The fourth-order valence-electron chi connectivity index (χ4n) is 2.91. The molecule has 0 bridgehead atoms. The van der Waals surface area contributed by atoms with Gasteiger partial charge in [-0.15, -0.1) is 12.4 Å². The molecule has 1 fully saturated rings. The Bertz CT molecular complexity index is 496. The number of nitrogens with one attached hydrogen (secondary N) is 1. The summed E-state index contributed by atoms with van der Waals surface area (Å²) in [5.74, 6) is 1.44. The van der Waals surface area contributed by atoms with Crippen LogP contribution in [0.2, 0.25) is 0 Å². The number of halogens is 1. The zero-order valence-corrected chi connectivity index (χ0v) is 13.9. The number of benzene rings is 1. The number of rotatable bonds is 5. The van der Waals surface area contributed by atoms with Crippen LogP contribution < -0.4 is 20.5 Å². The molecule has 124 valence electrons. The highest BCUT2D eigenvalue weighted by Crippen LogP contribution is 2.27. The molecule has 0 spiro atoms. The quantitative estimate of drug-likeness (QED) is 0.870. The van der Waals surface area contributed by atoms with E-state index in [1.807, 2.05) is 0 Å². The van der Waals surface area contributed by atoms with Crippen LogP contribution in [0.25, 0.3) is 0 Å². The number of hydrogen-bond donors (Lipinski definition) is 2. The molecule has 22 heavy (non-hydrogen) atoms. The third kappa shape index (κ3) is 4.27. The van der Waals surface area contributed by atoms with Gasteiger partial charge in [-0.2, -0.15) is 0 Å². The summed E-state index contributed by atoms with van der Waals surface area (Å²) < 4.78 is 10.4. The monoisotopic (exact) mass is 328 g/mol. The van der Waals surface area contributed by atoms with E-state index in [1.165, 1.54) is 6.42 Å². The second-order valence-electron chi connectivity index (χ2n) is 5.43. The summed E-state index contributed by atoms with van der Waals surface area (Å²) in [6.07, 6.45) is 4.41. The summed E-state index contributed by atoms with van der Waals surface area (Å²) in [6.45, 7) is 0.616. The lowest BCUT2D eigenvalue weighted by Crippen LogP contribution is -2.44. The van der Waals surface area contributed by atoms with Crippen molar-refractivity contribution in [1.82, 2.24) is 5.32 Å². The van der Waals surface area contributed by atoms with Gasteiger partial charge >= 0.3 is 0 Å². The van der Waals surface area contributed by atoms with Crippen molar-refractivity contribution in [2.45, 2.75) is 31.7 Å². The van der Waals surface area contributed by atoms with Crippen LogP contribution in [0.5, 0.6) is 11.5 Å². The van der Waals surface area contributed by atoms with Crippen LogP contribution >= 0.6 is 12.4 Å². The second kappa shape index (κ2) is 8.86. The predicted octanol–water partition coefficient (Wildman–Crippen LogP) is 2.37. The van der Waals surface area contributed by atoms with Crippen LogP contribution in [0.4, 0.5) is 0 Å².